The highest BCUT2D eigenvalue weighted by molar-refractivity contribution is 5.76. The maximum absolute atomic E-state index is 12.5. The molecule has 81 heavy (non-hydrogen) atoms. The van der Waals surface area contributed by atoms with Crippen LogP contribution in [0.4, 0.5) is 0 Å². The Hall–Kier alpha value is -1.91. The zero-order valence-corrected chi connectivity index (χ0v) is 55.1. The number of rotatable bonds is 69. The molecule has 2 atom stereocenters. The number of nitrogens with one attached hydrogen (secondary N) is 1. The van der Waals surface area contributed by atoms with Crippen LogP contribution in [0.3, 0.4) is 0 Å². The van der Waals surface area contributed by atoms with Crippen LogP contribution >= 0.6 is 0 Å². The zero-order chi connectivity index (χ0) is 58.4. The first-order chi connectivity index (χ1) is 40.2. The molecule has 0 aliphatic rings. The Balaban J connectivity index is 3.43. The molecule has 1 amide bonds. The topological polar surface area (TPSA) is 69.6 Å². The van der Waals surface area contributed by atoms with Gasteiger partial charge in [-0.25, -0.2) is 0 Å². The molecule has 0 bridgehead atoms. The minimum atomic E-state index is -0.864. The van der Waals surface area contributed by atoms with Gasteiger partial charge in [-0.3, -0.25) is 4.79 Å². The molecule has 0 rings (SSSR count). The lowest BCUT2D eigenvalue weighted by atomic mass is 10.0. The molecule has 2 unspecified atom stereocenters. The van der Waals surface area contributed by atoms with Crippen molar-refractivity contribution in [2.75, 3.05) is 6.61 Å². The van der Waals surface area contributed by atoms with E-state index in [1.165, 1.54) is 340 Å². The molecule has 0 aromatic carbocycles. The predicted octanol–water partition coefficient (Wildman–Crippen LogP) is 25.4. The van der Waals surface area contributed by atoms with Gasteiger partial charge in [0.2, 0.25) is 5.91 Å². The average molecular weight is 1130 g/mol. The summed E-state index contributed by atoms with van der Waals surface area (Å²) in [7, 11) is 0. The van der Waals surface area contributed by atoms with Crippen molar-refractivity contribution in [3.8, 4) is 0 Å². The Labute approximate surface area is 508 Å². The number of aliphatic hydroxyl groups is 2. The Kier molecular flexibility index (Phi) is 70.6. The molecule has 0 radical (unpaired) electrons. The molecule has 4 heteroatoms. The highest BCUT2D eigenvalue weighted by Crippen LogP contribution is 2.19. The van der Waals surface area contributed by atoms with Crippen LogP contribution in [0.5, 0.6) is 0 Å². The summed E-state index contributed by atoms with van der Waals surface area (Å²) in [6.07, 6.45) is 103. The number of carbonyl (C=O) groups is 1. The largest absolute Gasteiger partial charge is 0.394 e. The minimum absolute atomic E-state index is 0.0661. The highest BCUT2D eigenvalue weighted by Gasteiger charge is 2.18. The first kappa shape index (κ1) is 79.1. The molecule has 0 saturated heterocycles. The summed E-state index contributed by atoms with van der Waals surface area (Å²) in [4.78, 5) is 12.5. The van der Waals surface area contributed by atoms with Gasteiger partial charge in [-0.05, 0) is 70.6 Å². The smallest absolute Gasteiger partial charge is 0.220 e. The monoisotopic (exact) mass is 1130 g/mol. The molecule has 0 aliphatic carbocycles. The average Bonchev–Trinajstić information content (AvgIpc) is 3.47. The molecular formula is C77H145NO3. The Bertz CT molecular complexity index is 1330. The second-order valence-electron chi connectivity index (χ2n) is 25.4. The van der Waals surface area contributed by atoms with Gasteiger partial charge in [0, 0.05) is 6.42 Å². The zero-order valence-electron chi connectivity index (χ0n) is 55.1. The fourth-order valence-corrected chi connectivity index (χ4v) is 11.6. The molecule has 4 nitrogen and oxygen atoms in total. The molecule has 0 saturated carbocycles. The van der Waals surface area contributed by atoms with Crippen LogP contribution in [0.2, 0.25) is 0 Å². The number of aliphatic hydroxyl groups excluding tert-OH is 2. The van der Waals surface area contributed by atoms with E-state index in [9.17, 15) is 15.0 Å². The lowest BCUT2D eigenvalue weighted by molar-refractivity contribution is -0.123. The van der Waals surface area contributed by atoms with Crippen molar-refractivity contribution in [2.45, 2.75) is 418 Å². The summed E-state index contributed by atoms with van der Waals surface area (Å²) in [5.41, 5.74) is 0. The molecule has 476 valence electrons. The number of hydrogen-bond acceptors (Lipinski definition) is 3. The van der Waals surface area contributed by atoms with Gasteiger partial charge in [0.15, 0.2) is 0 Å². The summed E-state index contributed by atoms with van der Waals surface area (Å²) >= 11 is 0. The highest BCUT2D eigenvalue weighted by atomic mass is 16.3. The Morgan fingerprint density at radius 2 is 0.519 bits per heavy atom. The van der Waals surface area contributed by atoms with E-state index in [4.69, 9.17) is 0 Å². The van der Waals surface area contributed by atoms with E-state index >= 15 is 0 Å². The summed E-state index contributed by atoms with van der Waals surface area (Å²) in [5.74, 6) is -0.0661. The van der Waals surface area contributed by atoms with Crippen molar-refractivity contribution in [2.24, 2.45) is 0 Å². The molecule has 3 N–H and O–H groups in total. The van der Waals surface area contributed by atoms with Crippen molar-refractivity contribution >= 4 is 5.91 Å². The molecule has 0 fully saturated rings. The third-order valence-electron chi connectivity index (χ3n) is 17.2. The third-order valence-corrected chi connectivity index (χ3v) is 17.2. The van der Waals surface area contributed by atoms with Crippen LogP contribution in [-0.4, -0.2) is 34.9 Å². The van der Waals surface area contributed by atoms with Crippen molar-refractivity contribution in [1.29, 1.82) is 0 Å². The summed E-state index contributed by atoms with van der Waals surface area (Å²) in [6, 6.07) is -0.641. The van der Waals surface area contributed by atoms with E-state index in [1.807, 2.05) is 6.08 Å². The fraction of sp³-hybridized carbons (Fsp3) is 0.857. The van der Waals surface area contributed by atoms with E-state index in [2.05, 4.69) is 67.8 Å². The Morgan fingerprint density at radius 3 is 0.802 bits per heavy atom. The predicted molar refractivity (Wildman–Crippen MR) is 364 cm³/mol. The first-order valence-corrected chi connectivity index (χ1v) is 37.0. The summed E-state index contributed by atoms with van der Waals surface area (Å²) in [6.45, 7) is 4.33. The number of allylic oxidation sites excluding steroid dienone is 9. The minimum Gasteiger partial charge on any atom is -0.394 e. The molecule has 0 aromatic rings. The van der Waals surface area contributed by atoms with Crippen molar-refractivity contribution in [1.82, 2.24) is 5.32 Å². The van der Waals surface area contributed by atoms with Gasteiger partial charge in [0.25, 0.3) is 0 Å². The van der Waals surface area contributed by atoms with E-state index in [0.29, 0.717) is 6.42 Å². The van der Waals surface area contributed by atoms with Gasteiger partial charge in [0.1, 0.15) is 0 Å². The molecular weight excluding hydrogens is 987 g/mol. The maximum atomic E-state index is 12.5. The Morgan fingerprint density at radius 1 is 0.296 bits per heavy atom. The van der Waals surface area contributed by atoms with E-state index in [0.717, 1.165) is 44.9 Å². The van der Waals surface area contributed by atoms with Crippen LogP contribution < -0.4 is 5.32 Å². The quantitative estimate of drug-likeness (QED) is 0.0420. The van der Waals surface area contributed by atoms with Gasteiger partial charge in [0.05, 0.1) is 18.8 Å². The number of carbonyl (C=O) groups excluding carboxylic acids is 1. The molecule has 0 aromatic heterocycles. The van der Waals surface area contributed by atoms with E-state index < -0.39 is 12.1 Å². The normalized spacial score (nSPS) is 13.0. The van der Waals surface area contributed by atoms with Gasteiger partial charge >= 0.3 is 0 Å². The summed E-state index contributed by atoms with van der Waals surface area (Å²) < 4.78 is 0. The van der Waals surface area contributed by atoms with Gasteiger partial charge in [-0.15, -0.1) is 0 Å². The standard InChI is InChI=1S/C77H145NO3/c1-3-5-7-9-11-13-15-17-19-21-23-25-27-29-31-33-34-35-36-37-38-39-40-41-42-43-44-45-47-49-51-53-55-57-59-61-63-65-67-69-71-73-77(81)78-75(74-79)76(80)72-70-68-66-64-62-60-58-56-54-52-50-48-46-32-30-28-26-24-22-20-18-16-14-12-10-8-6-4-2/h15,17,21,23,27,29,62,64,70,72,75-76,79-80H,3-14,16,18-20,22,24-26,28,30-61,63,65-69,71,73-74H2,1-2H3,(H,78,81)/b17-15-,23-21-,29-27-,64-62+,72-70+. The van der Waals surface area contributed by atoms with Crippen LogP contribution in [0.1, 0.15) is 406 Å². The van der Waals surface area contributed by atoms with Crippen molar-refractivity contribution in [3.63, 3.8) is 0 Å². The van der Waals surface area contributed by atoms with Gasteiger partial charge in [-0.1, -0.05) is 389 Å². The number of amides is 1. The van der Waals surface area contributed by atoms with E-state index in [-0.39, 0.29) is 12.5 Å². The van der Waals surface area contributed by atoms with Crippen LogP contribution in [0.15, 0.2) is 60.8 Å². The second-order valence-corrected chi connectivity index (χ2v) is 25.4. The van der Waals surface area contributed by atoms with Gasteiger partial charge in [-0.2, -0.15) is 0 Å². The fourth-order valence-electron chi connectivity index (χ4n) is 11.6. The van der Waals surface area contributed by atoms with Crippen molar-refractivity contribution < 1.29 is 15.0 Å². The lowest BCUT2D eigenvalue weighted by Crippen LogP contribution is -2.45. The summed E-state index contributed by atoms with van der Waals surface area (Å²) in [5, 5.41) is 23.3. The molecule has 0 spiro atoms. The SMILES string of the molecule is CCCCCCC/C=C\C/C=C\C/C=C\CCCCCCCCCCCCCCCCCCCCCCCCCCCCC(=O)NC(CO)C(O)/C=C/CC/C=C/CCCCCCCCCCCCCCCCCCCCCCCC. The van der Waals surface area contributed by atoms with Crippen molar-refractivity contribution in [3.05, 3.63) is 60.8 Å². The second kappa shape index (κ2) is 72.3. The molecule has 0 heterocycles. The lowest BCUT2D eigenvalue weighted by Gasteiger charge is -2.19. The number of unbranched alkanes of at least 4 members (excludes halogenated alkanes) is 54. The van der Waals surface area contributed by atoms with Gasteiger partial charge < -0.3 is 15.5 Å². The maximum Gasteiger partial charge on any atom is 0.220 e. The van der Waals surface area contributed by atoms with Crippen LogP contribution in [0, 0.1) is 0 Å². The van der Waals surface area contributed by atoms with E-state index in [1.54, 1.807) is 6.08 Å². The third kappa shape index (κ3) is 68.8. The van der Waals surface area contributed by atoms with Crippen LogP contribution in [-0.2, 0) is 4.79 Å². The molecule has 0 aliphatic heterocycles. The van der Waals surface area contributed by atoms with Crippen LogP contribution in [0.25, 0.3) is 0 Å². The first-order valence-electron chi connectivity index (χ1n) is 37.0. The number of hydrogen-bond donors (Lipinski definition) is 3.